The van der Waals surface area contributed by atoms with Gasteiger partial charge in [-0.2, -0.15) is 0 Å². The van der Waals surface area contributed by atoms with Crippen molar-refractivity contribution in [3.63, 3.8) is 0 Å². The average molecular weight is 894 g/mol. The van der Waals surface area contributed by atoms with E-state index in [0.717, 1.165) is 27.8 Å². The first-order valence-electron chi connectivity index (χ1n) is 21.3. The highest BCUT2D eigenvalue weighted by Gasteiger charge is 2.55. The summed E-state index contributed by atoms with van der Waals surface area (Å²) in [4.78, 5) is 27.8. The molecule has 65 heavy (non-hydrogen) atoms. The lowest BCUT2D eigenvalue weighted by atomic mass is 9.94. The predicted octanol–water partition coefficient (Wildman–Crippen LogP) is 5.62. The standard InChI is InChI=1S/C50H55NO14/c1-56-38-25-23-37(24-26-38)30-60-45-44(59-29-34-17-9-4-10-18-34)41(53)49(65-46(45)47(54)61-31-35-19-11-5-12-20-35)64-42-39(27-52)63-48(57-2)40(43(42)58-28-33-15-7-3-8-16-33)51-50(55)62-32-36-21-13-6-14-22-36/h3-26,39-46,48-49,52-53H,27-32H2,1-2H3,(H,51,55)/t39-,40-,41-,42-,43-,44-,45+,46-,48+,49-/m1/s1. The Labute approximate surface area is 378 Å². The number of carbonyl (C=O) groups excluding carboxylic acids is 2. The number of esters is 1. The third-order valence-electron chi connectivity index (χ3n) is 11.0. The van der Waals surface area contributed by atoms with Gasteiger partial charge < -0.3 is 62.9 Å². The van der Waals surface area contributed by atoms with Crippen molar-refractivity contribution < 1.29 is 67.2 Å². The van der Waals surface area contributed by atoms with Crippen LogP contribution >= 0.6 is 0 Å². The van der Waals surface area contributed by atoms with Crippen LogP contribution in [-0.2, 0) is 80.5 Å². The Morgan fingerprint density at radius 2 is 1.03 bits per heavy atom. The second-order valence-electron chi connectivity index (χ2n) is 15.4. The summed E-state index contributed by atoms with van der Waals surface area (Å²) in [5, 5.41) is 26.0. The minimum absolute atomic E-state index is 0.00545. The van der Waals surface area contributed by atoms with Crippen molar-refractivity contribution >= 4 is 12.1 Å². The highest BCUT2D eigenvalue weighted by atomic mass is 16.7. The molecule has 5 aromatic rings. The van der Waals surface area contributed by atoms with Gasteiger partial charge in [-0.25, -0.2) is 9.59 Å². The number of aliphatic hydroxyl groups excluding tert-OH is 2. The minimum atomic E-state index is -1.64. The van der Waals surface area contributed by atoms with E-state index in [2.05, 4.69) is 5.32 Å². The molecule has 2 aliphatic rings. The topological polar surface area (TPSA) is 179 Å². The molecule has 0 aromatic heterocycles. The molecule has 2 fully saturated rings. The molecule has 15 nitrogen and oxygen atoms in total. The third-order valence-corrected chi connectivity index (χ3v) is 11.0. The molecule has 0 spiro atoms. The summed E-state index contributed by atoms with van der Waals surface area (Å²) < 4.78 is 61.2. The van der Waals surface area contributed by atoms with E-state index < -0.39 is 80.0 Å². The summed E-state index contributed by atoms with van der Waals surface area (Å²) in [6, 6.07) is 43.0. The van der Waals surface area contributed by atoms with E-state index in [9.17, 15) is 19.8 Å². The molecule has 0 unspecified atom stereocenters. The Balaban J connectivity index is 1.20. The maximum Gasteiger partial charge on any atom is 0.407 e. The van der Waals surface area contributed by atoms with Crippen LogP contribution in [0.3, 0.4) is 0 Å². The molecular weight excluding hydrogens is 839 g/mol. The summed E-state index contributed by atoms with van der Waals surface area (Å²) in [6.07, 6.45) is -12.8. The predicted molar refractivity (Wildman–Crippen MR) is 234 cm³/mol. The van der Waals surface area contributed by atoms with Crippen molar-refractivity contribution in [1.29, 1.82) is 0 Å². The number of nitrogens with one attached hydrogen (secondary N) is 1. The smallest absolute Gasteiger partial charge is 0.407 e. The van der Waals surface area contributed by atoms with Crippen LogP contribution in [0.5, 0.6) is 5.75 Å². The highest BCUT2D eigenvalue weighted by Crippen LogP contribution is 2.34. The summed E-state index contributed by atoms with van der Waals surface area (Å²) in [5.74, 6) is -0.160. The van der Waals surface area contributed by atoms with Gasteiger partial charge in [0.25, 0.3) is 0 Å². The van der Waals surface area contributed by atoms with Crippen molar-refractivity contribution in [1.82, 2.24) is 5.32 Å². The summed E-state index contributed by atoms with van der Waals surface area (Å²) in [7, 11) is 2.96. The number of hydrogen-bond donors (Lipinski definition) is 3. The van der Waals surface area contributed by atoms with Gasteiger partial charge in [-0.3, -0.25) is 0 Å². The fraction of sp³-hybridized carbons (Fsp3) is 0.360. The van der Waals surface area contributed by atoms with Crippen LogP contribution in [0.25, 0.3) is 0 Å². The number of amides is 1. The second kappa shape index (κ2) is 24.0. The van der Waals surface area contributed by atoms with Crippen LogP contribution in [0.1, 0.15) is 27.8 Å². The van der Waals surface area contributed by atoms with E-state index in [-0.39, 0.29) is 33.0 Å². The number of aliphatic hydroxyl groups is 2. The number of benzene rings is 5. The third kappa shape index (κ3) is 13.0. The van der Waals surface area contributed by atoms with E-state index >= 15 is 0 Å². The van der Waals surface area contributed by atoms with Gasteiger partial charge in [0.15, 0.2) is 18.7 Å². The first kappa shape index (κ1) is 47.2. The zero-order valence-corrected chi connectivity index (χ0v) is 36.2. The highest BCUT2D eigenvalue weighted by molar-refractivity contribution is 5.76. The molecule has 5 aromatic carbocycles. The van der Waals surface area contributed by atoms with Crippen LogP contribution in [-0.4, -0.2) is 104 Å². The average Bonchev–Trinajstić information content (AvgIpc) is 3.35. The van der Waals surface area contributed by atoms with Gasteiger partial charge in [-0.15, -0.1) is 0 Å². The largest absolute Gasteiger partial charge is 0.497 e. The number of hydrogen-bond acceptors (Lipinski definition) is 14. The fourth-order valence-electron chi connectivity index (χ4n) is 7.58. The zero-order valence-electron chi connectivity index (χ0n) is 36.2. The van der Waals surface area contributed by atoms with Crippen molar-refractivity contribution in [2.24, 2.45) is 0 Å². The van der Waals surface area contributed by atoms with Gasteiger partial charge in [0, 0.05) is 7.11 Å². The van der Waals surface area contributed by atoms with Crippen LogP contribution in [0.15, 0.2) is 146 Å². The molecule has 15 heteroatoms. The molecule has 10 atom stereocenters. The first-order chi connectivity index (χ1) is 31.8. The molecular formula is C50H55NO14. The molecule has 2 heterocycles. The molecule has 7 rings (SSSR count). The molecule has 2 saturated heterocycles. The monoisotopic (exact) mass is 893 g/mol. The molecule has 2 aliphatic heterocycles. The van der Waals surface area contributed by atoms with Gasteiger partial charge >= 0.3 is 12.1 Å². The van der Waals surface area contributed by atoms with E-state index in [1.165, 1.54) is 7.11 Å². The van der Waals surface area contributed by atoms with Crippen molar-refractivity contribution in [3.05, 3.63) is 173 Å². The molecule has 344 valence electrons. The number of rotatable bonds is 20. The van der Waals surface area contributed by atoms with E-state index in [1.807, 2.05) is 133 Å². The van der Waals surface area contributed by atoms with E-state index in [0.29, 0.717) is 5.75 Å². The molecule has 0 bridgehead atoms. The number of carbonyl (C=O) groups is 2. The molecule has 1 amide bonds. The normalized spacial score (nSPS) is 25.3. The first-order valence-corrected chi connectivity index (χ1v) is 21.3. The Kier molecular flexibility index (Phi) is 17.4. The Bertz CT molecular complexity index is 2170. The second-order valence-corrected chi connectivity index (χ2v) is 15.4. The van der Waals surface area contributed by atoms with Gasteiger partial charge in [-0.05, 0) is 39.9 Å². The van der Waals surface area contributed by atoms with Gasteiger partial charge in [0.1, 0.15) is 61.6 Å². The quantitative estimate of drug-likeness (QED) is 0.0820. The lowest BCUT2D eigenvalue weighted by Gasteiger charge is -2.48. The van der Waals surface area contributed by atoms with Crippen LogP contribution < -0.4 is 10.1 Å². The molecule has 0 saturated carbocycles. The van der Waals surface area contributed by atoms with Crippen LogP contribution in [0.4, 0.5) is 4.79 Å². The summed E-state index contributed by atoms with van der Waals surface area (Å²) >= 11 is 0. The molecule has 0 aliphatic carbocycles. The maximum absolute atomic E-state index is 14.3. The van der Waals surface area contributed by atoms with Gasteiger partial charge in [-0.1, -0.05) is 133 Å². The Hall–Kier alpha value is -5.72. The van der Waals surface area contributed by atoms with Crippen LogP contribution in [0, 0.1) is 0 Å². The van der Waals surface area contributed by atoms with Crippen molar-refractivity contribution in [3.8, 4) is 5.75 Å². The van der Waals surface area contributed by atoms with E-state index in [1.54, 1.807) is 19.2 Å². The maximum atomic E-state index is 14.3. The molecule has 3 N–H and O–H groups in total. The number of ether oxygens (including phenoxy) is 10. The number of methoxy groups -OCH3 is 2. The van der Waals surface area contributed by atoms with Gasteiger partial charge in [0.2, 0.25) is 0 Å². The van der Waals surface area contributed by atoms with Crippen LogP contribution in [0.2, 0.25) is 0 Å². The Morgan fingerprint density at radius 1 is 0.554 bits per heavy atom. The summed E-state index contributed by atoms with van der Waals surface area (Å²) in [5.41, 5.74) is 3.82. The lowest BCUT2D eigenvalue weighted by Crippen LogP contribution is -2.68. The summed E-state index contributed by atoms with van der Waals surface area (Å²) in [6.45, 7) is -0.668. The zero-order chi connectivity index (χ0) is 45.4. The molecule has 0 radical (unpaired) electrons. The lowest BCUT2D eigenvalue weighted by molar-refractivity contribution is -0.352. The minimum Gasteiger partial charge on any atom is -0.497 e. The SMILES string of the molecule is COc1ccc(CO[C@H]2[C@H](OCc3ccccc3)[C@@H](O)[C@H](O[C@H]3[C@H](OCc4ccccc4)[C@@H](NC(=O)OCc4ccccc4)[C@@H](OC)O[C@@H]3CO)O[C@H]2C(=O)OCc2ccccc2)cc1. The van der Waals surface area contributed by atoms with Gasteiger partial charge in [0.05, 0.1) is 33.5 Å². The fourth-order valence-corrected chi connectivity index (χ4v) is 7.58. The van der Waals surface area contributed by atoms with E-state index in [4.69, 9.17) is 47.4 Å². The number of alkyl carbamates (subject to hydrolysis) is 1. The van der Waals surface area contributed by atoms with Crippen molar-refractivity contribution in [2.75, 3.05) is 20.8 Å². The van der Waals surface area contributed by atoms with Crippen molar-refractivity contribution in [2.45, 2.75) is 94.4 Å². The Morgan fingerprint density at radius 3 is 1.54 bits per heavy atom.